The second-order valence-electron chi connectivity index (χ2n) is 2.98. The summed E-state index contributed by atoms with van der Waals surface area (Å²) in [7, 11) is 1.78. The van der Waals surface area contributed by atoms with Crippen LogP contribution in [0.4, 0.5) is 0 Å². The average molecular weight is 216 g/mol. The summed E-state index contributed by atoms with van der Waals surface area (Å²) in [4.78, 5) is 0. The molecule has 0 amide bonds. The van der Waals surface area contributed by atoms with Crippen molar-refractivity contribution in [3.8, 4) is 5.75 Å². The zero-order chi connectivity index (χ0) is 10.4. The van der Waals surface area contributed by atoms with Gasteiger partial charge >= 0.3 is 0 Å². The molecule has 0 radical (unpaired) electrons. The summed E-state index contributed by atoms with van der Waals surface area (Å²) in [6.45, 7) is 0.802. The van der Waals surface area contributed by atoms with Crippen LogP contribution in [0.3, 0.4) is 0 Å². The predicted octanol–water partition coefficient (Wildman–Crippen LogP) is 1.30. The number of likely N-dealkylation sites (N-methyl/N-ethyl adjacent to an activating group) is 1. The van der Waals surface area contributed by atoms with E-state index in [-0.39, 0.29) is 6.61 Å². The van der Waals surface area contributed by atoms with Crippen LogP contribution in [0.5, 0.6) is 5.75 Å². The van der Waals surface area contributed by atoms with Gasteiger partial charge in [-0.2, -0.15) is 0 Å². The molecule has 0 bridgehead atoms. The van der Waals surface area contributed by atoms with E-state index in [1.165, 1.54) is 0 Å². The molecule has 0 fully saturated rings. The maximum absolute atomic E-state index is 9.35. The fourth-order valence-electron chi connectivity index (χ4n) is 1.02. The first-order valence-corrected chi connectivity index (χ1v) is 4.81. The van der Waals surface area contributed by atoms with E-state index in [9.17, 15) is 5.11 Å². The SMILES string of the molecule is CNC[C@H](O)COc1ccc(Cl)cc1. The molecule has 0 saturated heterocycles. The summed E-state index contributed by atoms with van der Waals surface area (Å²) in [5, 5.41) is 12.9. The van der Waals surface area contributed by atoms with Crippen LogP contribution in [0.15, 0.2) is 24.3 Å². The van der Waals surface area contributed by atoms with E-state index < -0.39 is 6.10 Å². The van der Waals surface area contributed by atoms with Gasteiger partial charge in [0.2, 0.25) is 0 Å². The number of rotatable bonds is 5. The van der Waals surface area contributed by atoms with E-state index in [1.54, 1.807) is 31.3 Å². The molecule has 0 heterocycles. The van der Waals surface area contributed by atoms with Gasteiger partial charge in [-0.15, -0.1) is 0 Å². The molecule has 4 heteroatoms. The van der Waals surface area contributed by atoms with Gasteiger partial charge in [0, 0.05) is 11.6 Å². The van der Waals surface area contributed by atoms with Crippen LogP contribution in [0.1, 0.15) is 0 Å². The zero-order valence-corrected chi connectivity index (χ0v) is 8.79. The predicted molar refractivity (Wildman–Crippen MR) is 56.9 cm³/mol. The highest BCUT2D eigenvalue weighted by Gasteiger charge is 2.02. The fraction of sp³-hybridized carbons (Fsp3) is 0.400. The lowest BCUT2D eigenvalue weighted by molar-refractivity contribution is 0.108. The van der Waals surface area contributed by atoms with Gasteiger partial charge in [-0.3, -0.25) is 0 Å². The molecule has 1 atom stereocenters. The third kappa shape index (κ3) is 3.96. The van der Waals surface area contributed by atoms with Gasteiger partial charge in [0.1, 0.15) is 18.5 Å². The first-order chi connectivity index (χ1) is 6.72. The number of aliphatic hydroxyl groups excluding tert-OH is 1. The highest BCUT2D eigenvalue weighted by Crippen LogP contribution is 2.15. The van der Waals surface area contributed by atoms with Crippen molar-refractivity contribution >= 4 is 11.6 Å². The van der Waals surface area contributed by atoms with Crippen molar-refractivity contribution in [1.82, 2.24) is 5.32 Å². The number of aliphatic hydroxyl groups is 1. The van der Waals surface area contributed by atoms with Crippen molar-refractivity contribution in [3.63, 3.8) is 0 Å². The molecule has 2 N–H and O–H groups in total. The van der Waals surface area contributed by atoms with Crippen LogP contribution in [0, 0.1) is 0 Å². The van der Waals surface area contributed by atoms with Crippen molar-refractivity contribution in [3.05, 3.63) is 29.3 Å². The maximum Gasteiger partial charge on any atom is 0.119 e. The summed E-state index contributed by atoms with van der Waals surface area (Å²) in [6.07, 6.45) is -0.490. The Morgan fingerprint density at radius 2 is 2.07 bits per heavy atom. The Hall–Kier alpha value is -0.770. The molecule has 0 unspecified atom stereocenters. The Bertz CT molecular complexity index is 263. The molecule has 0 aliphatic rings. The van der Waals surface area contributed by atoms with E-state index in [2.05, 4.69) is 5.32 Å². The summed E-state index contributed by atoms with van der Waals surface area (Å²) in [5.41, 5.74) is 0. The van der Waals surface area contributed by atoms with Crippen LogP contribution < -0.4 is 10.1 Å². The number of nitrogens with one attached hydrogen (secondary N) is 1. The van der Waals surface area contributed by atoms with E-state index in [0.29, 0.717) is 17.3 Å². The van der Waals surface area contributed by atoms with Crippen molar-refractivity contribution in [1.29, 1.82) is 0 Å². The molecule has 0 spiro atoms. The van der Waals surface area contributed by atoms with E-state index >= 15 is 0 Å². The first-order valence-electron chi connectivity index (χ1n) is 4.43. The summed E-state index contributed by atoms with van der Waals surface area (Å²) >= 11 is 5.71. The van der Waals surface area contributed by atoms with Gasteiger partial charge in [-0.25, -0.2) is 0 Å². The van der Waals surface area contributed by atoms with Crippen LogP contribution >= 0.6 is 11.6 Å². The van der Waals surface area contributed by atoms with E-state index in [4.69, 9.17) is 16.3 Å². The van der Waals surface area contributed by atoms with Gasteiger partial charge in [0.05, 0.1) is 0 Å². The standard InChI is InChI=1S/C10H14ClNO2/c1-12-6-9(13)7-14-10-4-2-8(11)3-5-10/h2-5,9,12-13H,6-7H2,1H3/t9-/m0/s1. The minimum Gasteiger partial charge on any atom is -0.491 e. The first kappa shape index (κ1) is 11.3. The Balaban J connectivity index is 2.34. The Kier molecular flexibility index (Phi) is 4.73. The number of hydrogen-bond donors (Lipinski definition) is 2. The maximum atomic E-state index is 9.35. The highest BCUT2D eigenvalue weighted by molar-refractivity contribution is 6.30. The van der Waals surface area contributed by atoms with Gasteiger partial charge in [0.25, 0.3) is 0 Å². The van der Waals surface area contributed by atoms with Crippen molar-refractivity contribution in [2.24, 2.45) is 0 Å². The molecular formula is C10H14ClNO2. The number of halogens is 1. The smallest absolute Gasteiger partial charge is 0.119 e. The fourth-order valence-corrected chi connectivity index (χ4v) is 1.14. The second kappa shape index (κ2) is 5.86. The van der Waals surface area contributed by atoms with Crippen LogP contribution in [-0.2, 0) is 0 Å². The molecule has 1 aromatic rings. The van der Waals surface area contributed by atoms with Crippen LogP contribution in [0.2, 0.25) is 5.02 Å². The minimum absolute atomic E-state index is 0.280. The summed E-state index contributed by atoms with van der Waals surface area (Å²) in [6, 6.07) is 7.05. The van der Waals surface area contributed by atoms with E-state index in [1.807, 2.05) is 0 Å². The van der Waals surface area contributed by atoms with Crippen LogP contribution in [0.25, 0.3) is 0 Å². The number of hydrogen-bond acceptors (Lipinski definition) is 3. The number of ether oxygens (including phenoxy) is 1. The Morgan fingerprint density at radius 3 is 2.64 bits per heavy atom. The lowest BCUT2D eigenvalue weighted by Gasteiger charge is -2.11. The highest BCUT2D eigenvalue weighted by atomic mass is 35.5. The van der Waals surface area contributed by atoms with Crippen molar-refractivity contribution in [2.45, 2.75) is 6.10 Å². The third-order valence-corrected chi connectivity index (χ3v) is 1.95. The molecule has 78 valence electrons. The molecule has 3 nitrogen and oxygen atoms in total. The minimum atomic E-state index is -0.490. The Labute approximate surface area is 88.7 Å². The zero-order valence-electron chi connectivity index (χ0n) is 8.03. The molecule has 14 heavy (non-hydrogen) atoms. The van der Waals surface area contributed by atoms with Gasteiger partial charge in [-0.1, -0.05) is 11.6 Å². The van der Waals surface area contributed by atoms with Gasteiger partial charge in [0.15, 0.2) is 0 Å². The van der Waals surface area contributed by atoms with Gasteiger partial charge in [-0.05, 0) is 31.3 Å². The van der Waals surface area contributed by atoms with Crippen molar-refractivity contribution in [2.75, 3.05) is 20.2 Å². The second-order valence-corrected chi connectivity index (χ2v) is 3.41. The molecule has 0 aromatic heterocycles. The molecular weight excluding hydrogens is 202 g/mol. The van der Waals surface area contributed by atoms with Gasteiger partial charge < -0.3 is 15.2 Å². The lowest BCUT2D eigenvalue weighted by Crippen LogP contribution is -2.29. The molecule has 0 saturated carbocycles. The number of benzene rings is 1. The molecule has 0 aliphatic heterocycles. The third-order valence-electron chi connectivity index (χ3n) is 1.70. The summed E-state index contributed by atoms with van der Waals surface area (Å²) in [5.74, 6) is 0.713. The van der Waals surface area contributed by atoms with Crippen LogP contribution in [-0.4, -0.2) is 31.4 Å². The monoisotopic (exact) mass is 215 g/mol. The average Bonchev–Trinajstić information content (AvgIpc) is 2.17. The molecule has 1 aromatic carbocycles. The Morgan fingerprint density at radius 1 is 1.43 bits per heavy atom. The van der Waals surface area contributed by atoms with E-state index in [0.717, 1.165) is 0 Å². The summed E-state index contributed by atoms with van der Waals surface area (Å²) < 4.78 is 5.33. The largest absolute Gasteiger partial charge is 0.491 e. The topological polar surface area (TPSA) is 41.5 Å². The van der Waals surface area contributed by atoms with Crippen molar-refractivity contribution < 1.29 is 9.84 Å². The lowest BCUT2D eigenvalue weighted by atomic mass is 10.3. The molecule has 1 rings (SSSR count). The quantitative estimate of drug-likeness (QED) is 0.778. The molecule has 0 aliphatic carbocycles. The normalized spacial score (nSPS) is 12.5.